The third-order valence-corrected chi connectivity index (χ3v) is 4.48. The summed E-state index contributed by atoms with van der Waals surface area (Å²) in [5, 5.41) is 20.4. The number of anilines is 1. The molecule has 1 aromatic carbocycles. The predicted octanol–water partition coefficient (Wildman–Crippen LogP) is 2.39. The Morgan fingerprint density at radius 3 is 2.38 bits per heavy atom. The Balaban J connectivity index is 1.97. The zero-order valence-electron chi connectivity index (χ0n) is 12.7. The van der Waals surface area contributed by atoms with E-state index in [9.17, 15) is 15.0 Å². The molecule has 0 aliphatic heterocycles. The van der Waals surface area contributed by atoms with E-state index in [4.69, 9.17) is 5.73 Å². The molecule has 1 fully saturated rings. The molecule has 4 nitrogen and oxygen atoms in total. The number of aliphatic hydroxyl groups excluding tert-OH is 2. The molecular formula is C17H25NO3. The van der Waals surface area contributed by atoms with Crippen molar-refractivity contribution < 1.29 is 15.0 Å². The van der Waals surface area contributed by atoms with Crippen LogP contribution < -0.4 is 5.73 Å². The van der Waals surface area contributed by atoms with E-state index >= 15 is 0 Å². The average Bonchev–Trinajstić information content (AvgIpc) is 2.36. The maximum Gasteiger partial charge on any atom is 0.164 e. The molecule has 1 aliphatic carbocycles. The van der Waals surface area contributed by atoms with E-state index in [-0.39, 0.29) is 17.1 Å². The van der Waals surface area contributed by atoms with Gasteiger partial charge in [-0.25, -0.2) is 0 Å². The van der Waals surface area contributed by atoms with Gasteiger partial charge in [0.1, 0.15) is 0 Å². The molecule has 0 amide bonds. The van der Waals surface area contributed by atoms with Gasteiger partial charge in [-0.1, -0.05) is 26.0 Å². The summed E-state index contributed by atoms with van der Waals surface area (Å²) in [6, 6.07) is 7.01. The first-order valence-corrected chi connectivity index (χ1v) is 7.54. The van der Waals surface area contributed by atoms with E-state index in [0.717, 1.165) is 0 Å². The van der Waals surface area contributed by atoms with Gasteiger partial charge in [-0.3, -0.25) is 4.79 Å². The lowest BCUT2D eigenvalue weighted by molar-refractivity contribution is -0.0706. The fourth-order valence-electron chi connectivity index (χ4n) is 3.34. The van der Waals surface area contributed by atoms with Crippen molar-refractivity contribution in [1.82, 2.24) is 0 Å². The summed E-state index contributed by atoms with van der Waals surface area (Å²) in [5.74, 6) is -0.260. The van der Waals surface area contributed by atoms with E-state index in [1.807, 2.05) is 13.8 Å². The van der Waals surface area contributed by atoms with Crippen LogP contribution in [0.3, 0.4) is 0 Å². The molecule has 21 heavy (non-hydrogen) atoms. The van der Waals surface area contributed by atoms with Gasteiger partial charge in [0.15, 0.2) is 5.78 Å². The molecule has 116 valence electrons. The number of carbonyl (C=O) groups is 1. The number of hydrogen-bond donors (Lipinski definition) is 3. The first-order chi connectivity index (χ1) is 9.80. The van der Waals surface area contributed by atoms with Gasteiger partial charge < -0.3 is 15.9 Å². The van der Waals surface area contributed by atoms with Crippen molar-refractivity contribution in [3.05, 3.63) is 29.8 Å². The highest BCUT2D eigenvalue weighted by molar-refractivity contribution is 6.00. The minimum absolute atomic E-state index is 0.0302. The Hall–Kier alpha value is -1.39. The van der Waals surface area contributed by atoms with Gasteiger partial charge in [0.05, 0.1) is 12.2 Å². The Kier molecular flexibility index (Phi) is 4.69. The van der Waals surface area contributed by atoms with Crippen molar-refractivity contribution >= 4 is 11.5 Å². The van der Waals surface area contributed by atoms with Crippen molar-refractivity contribution in [2.24, 2.45) is 11.3 Å². The number of aliphatic hydroxyl groups is 2. The standard InChI is InChI=1S/C17H25NO3/c1-17(2)9-15(20)12(16(21)10-17)7-8-14(19)11-5-3-4-6-13(11)18/h3-6,12,15-16,20-21H,7-10,18H2,1-2H3/t12?,15-,16+. The van der Waals surface area contributed by atoms with Gasteiger partial charge in [-0.05, 0) is 36.8 Å². The molecule has 0 bridgehead atoms. The first-order valence-electron chi connectivity index (χ1n) is 7.54. The molecular weight excluding hydrogens is 266 g/mol. The quantitative estimate of drug-likeness (QED) is 0.587. The predicted molar refractivity (Wildman–Crippen MR) is 82.9 cm³/mol. The summed E-state index contributed by atoms with van der Waals surface area (Å²) in [4.78, 5) is 12.2. The molecule has 2 rings (SSSR count). The van der Waals surface area contributed by atoms with Gasteiger partial charge in [0.2, 0.25) is 0 Å². The molecule has 3 atom stereocenters. The Morgan fingerprint density at radius 1 is 1.24 bits per heavy atom. The number of carbonyl (C=O) groups excluding carboxylic acids is 1. The molecule has 0 aromatic heterocycles. The molecule has 1 aliphatic rings. The van der Waals surface area contributed by atoms with Crippen molar-refractivity contribution in [1.29, 1.82) is 0 Å². The van der Waals surface area contributed by atoms with Crippen LogP contribution in [0.4, 0.5) is 5.69 Å². The summed E-state index contributed by atoms with van der Waals surface area (Å²) < 4.78 is 0. The lowest BCUT2D eigenvalue weighted by Gasteiger charge is -2.41. The number of nitrogen functional groups attached to an aromatic ring is 1. The van der Waals surface area contributed by atoms with Crippen molar-refractivity contribution in [2.45, 2.75) is 51.7 Å². The summed E-state index contributed by atoms with van der Waals surface area (Å²) in [7, 11) is 0. The Labute approximate surface area is 126 Å². The number of para-hydroxylation sites is 1. The van der Waals surface area contributed by atoms with Crippen LogP contribution in [0.5, 0.6) is 0 Å². The lowest BCUT2D eigenvalue weighted by Crippen LogP contribution is -2.43. The normalized spacial score (nSPS) is 28.3. The third kappa shape index (κ3) is 3.83. The SMILES string of the molecule is CC1(C)C[C@@H](O)C(CCC(=O)c2ccccc2N)[C@@H](O)C1. The molecule has 1 aromatic rings. The van der Waals surface area contributed by atoms with Gasteiger partial charge >= 0.3 is 0 Å². The van der Waals surface area contributed by atoms with E-state index in [1.54, 1.807) is 24.3 Å². The molecule has 0 heterocycles. The van der Waals surface area contributed by atoms with Crippen LogP contribution in [0.15, 0.2) is 24.3 Å². The van der Waals surface area contributed by atoms with Crippen LogP contribution in [-0.2, 0) is 0 Å². The third-order valence-electron chi connectivity index (χ3n) is 4.48. The maximum absolute atomic E-state index is 12.2. The maximum atomic E-state index is 12.2. The zero-order valence-corrected chi connectivity index (χ0v) is 12.7. The van der Waals surface area contributed by atoms with Crippen LogP contribution >= 0.6 is 0 Å². The monoisotopic (exact) mass is 291 g/mol. The first kappa shape index (κ1) is 16.0. The number of Topliss-reactive ketones (excluding diaryl/α,β-unsaturated/α-hetero) is 1. The molecule has 1 unspecified atom stereocenters. The molecule has 1 saturated carbocycles. The molecule has 4 N–H and O–H groups in total. The number of nitrogens with two attached hydrogens (primary N) is 1. The minimum atomic E-state index is -0.551. The van der Waals surface area contributed by atoms with Crippen LogP contribution in [0.1, 0.15) is 49.9 Å². The van der Waals surface area contributed by atoms with Crippen LogP contribution in [0, 0.1) is 11.3 Å². The largest absolute Gasteiger partial charge is 0.398 e. The highest BCUT2D eigenvalue weighted by Gasteiger charge is 2.39. The number of hydrogen-bond acceptors (Lipinski definition) is 4. The highest BCUT2D eigenvalue weighted by Crippen LogP contribution is 2.40. The fourth-order valence-corrected chi connectivity index (χ4v) is 3.34. The van der Waals surface area contributed by atoms with Gasteiger partial charge in [0, 0.05) is 23.6 Å². The molecule has 4 heteroatoms. The van der Waals surface area contributed by atoms with E-state index in [2.05, 4.69) is 0 Å². The molecule has 0 spiro atoms. The summed E-state index contributed by atoms with van der Waals surface area (Å²) in [6.45, 7) is 4.09. The van der Waals surface area contributed by atoms with E-state index < -0.39 is 12.2 Å². The topological polar surface area (TPSA) is 83.5 Å². The van der Waals surface area contributed by atoms with Crippen LogP contribution in [0.25, 0.3) is 0 Å². The lowest BCUT2D eigenvalue weighted by atomic mass is 9.68. The molecule has 0 saturated heterocycles. The van der Waals surface area contributed by atoms with Crippen molar-refractivity contribution in [3.8, 4) is 0 Å². The number of benzene rings is 1. The summed E-state index contributed by atoms with van der Waals surface area (Å²) in [6.07, 6.45) is 1.01. The summed E-state index contributed by atoms with van der Waals surface area (Å²) >= 11 is 0. The minimum Gasteiger partial charge on any atom is -0.398 e. The summed E-state index contributed by atoms with van der Waals surface area (Å²) in [5.41, 5.74) is 6.75. The second kappa shape index (κ2) is 6.16. The van der Waals surface area contributed by atoms with Crippen molar-refractivity contribution in [3.63, 3.8) is 0 Å². The van der Waals surface area contributed by atoms with Gasteiger partial charge in [-0.2, -0.15) is 0 Å². The van der Waals surface area contributed by atoms with Gasteiger partial charge in [0.25, 0.3) is 0 Å². The second-order valence-corrected chi connectivity index (χ2v) is 6.92. The van der Waals surface area contributed by atoms with Crippen LogP contribution in [-0.4, -0.2) is 28.2 Å². The average molecular weight is 291 g/mol. The number of ketones is 1. The van der Waals surface area contributed by atoms with E-state index in [0.29, 0.717) is 36.9 Å². The Bertz CT molecular complexity index is 499. The molecule has 0 radical (unpaired) electrons. The second-order valence-electron chi connectivity index (χ2n) is 6.92. The highest BCUT2D eigenvalue weighted by atomic mass is 16.3. The van der Waals surface area contributed by atoms with Crippen molar-refractivity contribution in [2.75, 3.05) is 5.73 Å². The Morgan fingerprint density at radius 2 is 1.81 bits per heavy atom. The van der Waals surface area contributed by atoms with Gasteiger partial charge in [-0.15, -0.1) is 0 Å². The smallest absolute Gasteiger partial charge is 0.164 e. The van der Waals surface area contributed by atoms with Crippen LogP contribution in [0.2, 0.25) is 0 Å². The zero-order chi connectivity index (χ0) is 15.6. The fraction of sp³-hybridized carbons (Fsp3) is 0.588. The van der Waals surface area contributed by atoms with E-state index in [1.165, 1.54) is 0 Å². The number of rotatable bonds is 4.